The summed E-state index contributed by atoms with van der Waals surface area (Å²) in [6.07, 6.45) is 2.74. The average molecular weight is 274 g/mol. The van der Waals surface area contributed by atoms with Crippen molar-refractivity contribution in [1.29, 1.82) is 0 Å². The normalized spacial score (nSPS) is 12.4. The summed E-state index contributed by atoms with van der Waals surface area (Å²) in [7, 11) is 0. The smallest absolute Gasteiger partial charge is 0.222 e. The van der Waals surface area contributed by atoms with Gasteiger partial charge in [0.15, 0.2) is 5.65 Å². The third-order valence-corrected chi connectivity index (χ3v) is 1.84. The molecule has 2 aromatic heterocycles. The molecule has 0 aromatic carbocycles. The van der Waals surface area contributed by atoms with E-state index >= 15 is 0 Å². The first-order valence-corrected chi connectivity index (χ1v) is 4.28. The Morgan fingerprint density at radius 1 is 1.53 bits per heavy atom. The van der Waals surface area contributed by atoms with Gasteiger partial charge in [-0.25, -0.2) is 9.97 Å². The molecule has 82 valence electrons. The molecule has 2 rings (SSSR count). The Labute approximate surface area is 96.9 Å². The van der Waals surface area contributed by atoms with Gasteiger partial charge in [0.05, 0.1) is 25.2 Å². The van der Waals surface area contributed by atoms with Crippen LogP contribution in [0.4, 0.5) is 5.95 Å². The van der Waals surface area contributed by atoms with Gasteiger partial charge in [-0.1, -0.05) is 0 Å². The van der Waals surface area contributed by atoms with Crippen molar-refractivity contribution < 1.29 is 5.11 Å². The quantitative estimate of drug-likeness (QED) is 0.825. The van der Waals surface area contributed by atoms with Crippen LogP contribution in [0.5, 0.6) is 0 Å². The largest absolute Gasteiger partial charge is 0.392 e. The Balaban J connectivity index is 0.00000112. The van der Waals surface area contributed by atoms with E-state index in [1.165, 1.54) is 0 Å². The lowest BCUT2D eigenvalue weighted by Crippen LogP contribution is -2.11. The van der Waals surface area contributed by atoms with Crippen molar-refractivity contribution in [3.05, 3.63) is 12.5 Å². The number of nitrogens with two attached hydrogens (primary N) is 1. The van der Waals surface area contributed by atoms with E-state index in [0.29, 0.717) is 17.7 Å². The number of halogens is 1. The van der Waals surface area contributed by atoms with Crippen LogP contribution in [0.15, 0.2) is 12.5 Å². The summed E-state index contributed by atoms with van der Waals surface area (Å²) in [5.74, 6) is 0.213. The third-order valence-electron chi connectivity index (χ3n) is 1.84. The number of imidazole rings is 1. The van der Waals surface area contributed by atoms with Crippen LogP contribution < -0.4 is 5.73 Å². The molecule has 0 fully saturated rings. The van der Waals surface area contributed by atoms with Gasteiger partial charge in [0.1, 0.15) is 5.52 Å². The number of nitrogens with zero attached hydrogens (tertiary/aromatic N) is 4. The lowest BCUT2D eigenvalue weighted by molar-refractivity contribution is 0.175. The van der Waals surface area contributed by atoms with Gasteiger partial charge in [-0.05, 0) is 6.92 Å². The van der Waals surface area contributed by atoms with Gasteiger partial charge in [0.25, 0.3) is 0 Å². The lowest BCUT2D eigenvalue weighted by atomic mass is 10.4. The van der Waals surface area contributed by atoms with Crippen LogP contribution in [0.2, 0.25) is 0 Å². The SMILES string of the molecule is Br.CC(O)Cn1cnc2cnc(N)nc21. The summed E-state index contributed by atoms with van der Waals surface area (Å²) in [5, 5.41) is 9.23. The van der Waals surface area contributed by atoms with E-state index in [9.17, 15) is 5.11 Å². The highest BCUT2D eigenvalue weighted by Crippen LogP contribution is 2.10. The highest BCUT2D eigenvalue weighted by Gasteiger charge is 2.06. The number of aliphatic hydroxyl groups is 1. The molecular weight excluding hydrogens is 262 g/mol. The van der Waals surface area contributed by atoms with Crippen molar-refractivity contribution in [2.75, 3.05) is 5.73 Å². The molecule has 2 aromatic rings. The molecule has 0 saturated heterocycles. The molecule has 3 N–H and O–H groups in total. The average Bonchev–Trinajstić information content (AvgIpc) is 2.47. The highest BCUT2D eigenvalue weighted by molar-refractivity contribution is 8.93. The molecule has 0 bridgehead atoms. The predicted octanol–water partition coefficient (Wildman–Crippen LogP) is 0.367. The number of hydrogen-bond acceptors (Lipinski definition) is 5. The van der Waals surface area contributed by atoms with E-state index in [1.807, 2.05) is 0 Å². The molecule has 2 heterocycles. The lowest BCUT2D eigenvalue weighted by Gasteiger charge is -2.05. The second-order valence-electron chi connectivity index (χ2n) is 3.18. The van der Waals surface area contributed by atoms with Crippen molar-refractivity contribution in [2.24, 2.45) is 0 Å². The number of anilines is 1. The fourth-order valence-electron chi connectivity index (χ4n) is 1.29. The van der Waals surface area contributed by atoms with E-state index in [4.69, 9.17) is 5.73 Å². The predicted molar refractivity (Wildman–Crippen MR) is 61.7 cm³/mol. The van der Waals surface area contributed by atoms with Crippen molar-refractivity contribution in [3.63, 3.8) is 0 Å². The first-order valence-electron chi connectivity index (χ1n) is 4.28. The van der Waals surface area contributed by atoms with E-state index < -0.39 is 6.10 Å². The maximum atomic E-state index is 9.23. The third kappa shape index (κ3) is 2.42. The van der Waals surface area contributed by atoms with Crippen LogP contribution in [0.3, 0.4) is 0 Å². The summed E-state index contributed by atoms with van der Waals surface area (Å²) < 4.78 is 1.75. The first kappa shape index (κ1) is 11.9. The Bertz CT molecular complexity index is 455. The van der Waals surface area contributed by atoms with Gasteiger partial charge in [0.2, 0.25) is 5.95 Å². The van der Waals surface area contributed by atoms with Crippen LogP contribution in [0.25, 0.3) is 11.2 Å². The number of aromatic nitrogens is 4. The summed E-state index contributed by atoms with van der Waals surface area (Å²) in [6, 6.07) is 0. The van der Waals surface area contributed by atoms with Gasteiger partial charge in [0, 0.05) is 0 Å². The fourth-order valence-corrected chi connectivity index (χ4v) is 1.29. The molecule has 0 amide bonds. The Morgan fingerprint density at radius 2 is 2.27 bits per heavy atom. The number of hydrogen-bond donors (Lipinski definition) is 2. The van der Waals surface area contributed by atoms with E-state index in [2.05, 4.69) is 15.0 Å². The van der Waals surface area contributed by atoms with Gasteiger partial charge >= 0.3 is 0 Å². The summed E-state index contributed by atoms with van der Waals surface area (Å²) >= 11 is 0. The molecule has 6 nitrogen and oxygen atoms in total. The minimum atomic E-state index is -0.441. The molecule has 1 unspecified atom stereocenters. The molecule has 0 spiro atoms. The number of nitrogen functional groups attached to an aromatic ring is 1. The topological polar surface area (TPSA) is 89.8 Å². The molecule has 15 heavy (non-hydrogen) atoms. The summed E-state index contributed by atoms with van der Waals surface area (Å²) in [6.45, 7) is 2.16. The molecule has 0 aliphatic carbocycles. The van der Waals surface area contributed by atoms with Gasteiger partial charge in [-0.3, -0.25) is 0 Å². The summed E-state index contributed by atoms with van der Waals surface area (Å²) in [5.41, 5.74) is 6.79. The fraction of sp³-hybridized carbons (Fsp3) is 0.375. The van der Waals surface area contributed by atoms with E-state index in [-0.39, 0.29) is 22.9 Å². The van der Waals surface area contributed by atoms with Crippen LogP contribution in [0, 0.1) is 0 Å². The zero-order chi connectivity index (χ0) is 10.1. The second kappa shape index (κ2) is 4.54. The van der Waals surface area contributed by atoms with Gasteiger partial charge in [-0.2, -0.15) is 4.98 Å². The van der Waals surface area contributed by atoms with E-state index in [0.717, 1.165) is 0 Å². The Kier molecular flexibility index (Phi) is 3.59. The minimum absolute atomic E-state index is 0. The molecule has 1 atom stereocenters. The zero-order valence-electron chi connectivity index (χ0n) is 8.16. The molecule has 0 radical (unpaired) electrons. The molecule has 0 saturated carbocycles. The maximum absolute atomic E-state index is 9.23. The van der Waals surface area contributed by atoms with Crippen LogP contribution in [-0.2, 0) is 6.54 Å². The zero-order valence-corrected chi connectivity index (χ0v) is 9.87. The van der Waals surface area contributed by atoms with Crippen molar-refractivity contribution in [3.8, 4) is 0 Å². The van der Waals surface area contributed by atoms with Gasteiger partial charge < -0.3 is 15.4 Å². The van der Waals surface area contributed by atoms with Crippen molar-refractivity contribution in [2.45, 2.75) is 19.6 Å². The maximum Gasteiger partial charge on any atom is 0.222 e. The monoisotopic (exact) mass is 273 g/mol. The number of aliphatic hydroxyl groups excluding tert-OH is 1. The Hall–Kier alpha value is -1.21. The highest BCUT2D eigenvalue weighted by atomic mass is 79.9. The molecule has 7 heteroatoms. The second-order valence-corrected chi connectivity index (χ2v) is 3.18. The molecular formula is C8H12BrN5O. The van der Waals surface area contributed by atoms with Crippen LogP contribution in [-0.4, -0.2) is 30.7 Å². The van der Waals surface area contributed by atoms with Crippen LogP contribution in [0.1, 0.15) is 6.92 Å². The molecule has 0 aliphatic heterocycles. The summed E-state index contributed by atoms with van der Waals surface area (Å²) in [4.78, 5) is 12.0. The van der Waals surface area contributed by atoms with Crippen LogP contribution >= 0.6 is 17.0 Å². The van der Waals surface area contributed by atoms with Crippen molar-refractivity contribution in [1.82, 2.24) is 19.5 Å². The number of fused-ring (bicyclic) bond motifs is 1. The van der Waals surface area contributed by atoms with Crippen molar-refractivity contribution >= 4 is 34.1 Å². The number of rotatable bonds is 2. The minimum Gasteiger partial charge on any atom is -0.392 e. The molecule has 0 aliphatic rings. The standard InChI is InChI=1S/C8H11N5O.BrH/c1-5(14)3-13-4-11-6-2-10-8(9)12-7(6)13;/h2,4-5,14H,3H2,1H3,(H2,9,10,12);1H. The van der Waals surface area contributed by atoms with E-state index in [1.54, 1.807) is 24.0 Å². The Morgan fingerprint density at radius 3 is 2.93 bits per heavy atom. The first-order chi connectivity index (χ1) is 6.66. The van der Waals surface area contributed by atoms with Gasteiger partial charge in [-0.15, -0.1) is 17.0 Å².